The largest absolute Gasteiger partial charge is 0.297 e. The van der Waals surface area contributed by atoms with Gasteiger partial charge in [0, 0.05) is 24.7 Å². The van der Waals surface area contributed by atoms with Crippen molar-refractivity contribution in [1.82, 2.24) is 10.3 Å². The van der Waals surface area contributed by atoms with Crippen molar-refractivity contribution in [3.8, 4) is 0 Å². The molecule has 3 aliphatic rings. The zero-order valence-corrected chi connectivity index (χ0v) is 8.78. The first-order valence-electron chi connectivity index (χ1n) is 6.08. The Morgan fingerprint density at radius 1 is 1.07 bits per heavy atom. The highest BCUT2D eigenvalue weighted by molar-refractivity contribution is 4.98. The first kappa shape index (κ1) is 9.13. The van der Waals surface area contributed by atoms with E-state index >= 15 is 0 Å². The van der Waals surface area contributed by atoms with Gasteiger partial charge in [0.15, 0.2) is 0 Å². The Balaban J connectivity index is 1.64. The van der Waals surface area contributed by atoms with E-state index in [-0.39, 0.29) is 0 Å². The lowest BCUT2D eigenvalue weighted by Crippen LogP contribution is -2.51. The Kier molecular flexibility index (Phi) is 2.26. The summed E-state index contributed by atoms with van der Waals surface area (Å²) in [5.74, 6) is 6.59. The highest BCUT2D eigenvalue weighted by Gasteiger charge is 2.42. The van der Waals surface area contributed by atoms with Gasteiger partial charge in [0.25, 0.3) is 0 Å². The average molecular weight is 195 g/mol. The molecule has 3 heteroatoms. The monoisotopic (exact) mass is 195 g/mol. The standard InChI is InChI=1S/C11H21N3/c12-13-9-5-10-3-4-11(6-9)14(10)7-8-1-2-8/h8-11,13H,1-7,12H2/t9?,10-,11+. The quantitative estimate of drug-likeness (QED) is 0.518. The molecule has 1 saturated carbocycles. The van der Waals surface area contributed by atoms with E-state index in [0.717, 1.165) is 18.0 Å². The maximum absolute atomic E-state index is 5.55. The van der Waals surface area contributed by atoms with Crippen molar-refractivity contribution < 1.29 is 0 Å². The van der Waals surface area contributed by atoms with Gasteiger partial charge >= 0.3 is 0 Å². The molecule has 3 rings (SSSR count). The molecule has 0 radical (unpaired) electrons. The smallest absolute Gasteiger partial charge is 0.0240 e. The molecule has 3 atom stereocenters. The van der Waals surface area contributed by atoms with E-state index in [0.29, 0.717) is 6.04 Å². The van der Waals surface area contributed by atoms with Crippen LogP contribution in [0.1, 0.15) is 38.5 Å². The topological polar surface area (TPSA) is 41.3 Å². The van der Waals surface area contributed by atoms with Crippen LogP contribution in [0.2, 0.25) is 0 Å². The average Bonchev–Trinajstić information content (AvgIpc) is 2.95. The number of nitrogens with two attached hydrogens (primary N) is 1. The van der Waals surface area contributed by atoms with Crippen molar-refractivity contribution in [2.45, 2.75) is 56.7 Å². The van der Waals surface area contributed by atoms with Gasteiger partial charge < -0.3 is 0 Å². The molecule has 14 heavy (non-hydrogen) atoms. The third-order valence-corrected chi connectivity index (χ3v) is 4.29. The van der Waals surface area contributed by atoms with Crippen LogP contribution < -0.4 is 11.3 Å². The normalized spacial score (nSPS) is 43.1. The van der Waals surface area contributed by atoms with Crippen LogP contribution in [0.5, 0.6) is 0 Å². The van der Waals surface area contributed by atoms with Gasteiger partial charge in [-0.2, -0.15) is 0 Å². The SMILES string of the molecule is NNC1C[C@H]2CC[C@@H](C1)N2CC1CC1. The molecule has 2 bridgehead atoms. The van der Waals surface area contributed by atoms with Gasteiger partial charge in [0.05, 0.1) is 0 Å². The Morgan fingerprint density at radius 3 is 2.21 bits per heavy atom. The minimum absolute atomic E-state index is 0.586. The molecule has 80 valence electrons. The summed E-state index contributed by atoms with van der Waals surface area (Å²) < 4.78 is 0. The molecule has 3 N–H and O–H groups in total. The molecule has 3 nitrogen and oxygen atoms in total. The van der Waals surface area contributed by atoms with E-state index in [4.69, 9.17) is 5.84 Å². The van der Waals surface area contributed by atoms with Crippen LogP contribution >= 0.6 is 0 Å². The fraction of sp³-hybridized carbons (Fsp3) is 1.00. The van der Waals surface area contributed by atoms with Crippen LogP contribution in [-0.4, -0.2) is 29.6 Å². The van der Waals surface area contributed by atoms with Crippen molar-refractivity contribution in [2.75, 3.05) is 6.54 Å². The summed E-state index contributed by atoms with van der Waals surface area (Å²) in [4.78, 5) is 2.78. The third-order valence-electron chi connectivity index (χ3n) is 4.29. The number of hydrogen-bond acceptors (Lipinski definition) is 3. The minimum Gasteiger partial charge on any atom is -0.297 e. The number of hydrazine groups is 1. The molecule has 0 aromatic carbocycles. The summed E-state index contributed by atoms with van der Waals surface area (Å²) in [5.41, 5.74) is 2.97. The number of rotatable bonds is 3. The fourth-order valence-corrected chi connectivity index (χ4v) is 3.31. The van der Waals surface area contributed by atoms with Crippen molar-refractivity contribution in [2.24, 2.45) is 11.8 Å². The molecule has 0 spiro atoms. The molecule has 2 aliphatic heterocycles. The summed E-state index contributed by atoms with van der Waals surface area (Å²) >= 11 is 0. The summed E-state index contributed by atoms with van der Waals surface area (Å²) in [6.45, 7) is 1.38. The van der Waals surface area contributed by atoms with Gasteiger partial charge in [-0.3, -0.25) is 16.2 Å². The fourth-order valence-electron chi connectivity index (χ4n) is 3.31. The second kappa shape index (κ2) is 3.47. The predicted molar refractivity (Wildman–Crippen MR) is 56.6 cm³/mol. The van der Waals surface area contributed by atoms with Crippen molar-refractivity contribution in [3.05, 3.63) is 0 Å². The van der Waals surface area contributed by atoms with Crippen LogP contribution in [0.25, 0.3) is 0 Å². The van der Waals surface area contributed by atoms with Gasteiger partial charge in [0.2, 0.25) is 0 Å². The molecular formula is C11H21N3. The van der Waals surface area contributed by atoms with Crippen LogP contribution in [0.15, 0.2) is 0 Å². The van der Waals surface area contributed by atoms with Crippen LogP contribution in [-0.2, 0) is 0 Å². The van der Waals surface area contributed by atoms with Gasteiger partial charge in [-0.1, -0.05) is 0 Å². The summed E-state index contributed by atoms with van der Waals surface area (Å²) in [6, 6.07) is 2.27. The number of hydrogen-bond donors (Lipinski definition) is 2. The van der Waals surface area contributed by atoms with E-state index in [1.165, 1.54) is 45.1 Å². The highest BCUT2D eigenvalue weighted by atomic mass is 15.3. The first-order chi connectivity index (χ1) is 6.86. The van der Waals surface area contributed by atoms with Crippen molar-refractivity contribution in [1.29, 1.82) is 0 Å². The molecule has 3 fully saturated rings. The lowest BCUT2D eigenvalue weighted by molar-refractivity contribution is 0.112. The Morgan fingerprint density at radius 2 is 1.71 bits per heavy atom. The number of nitrogens with zero attached hydrogens (tertiary/aromatic N) is 1. The van der Waals surface area contributed by atoms with Crippen molar-refractivity contribution >= 4 is 0 Å². The van der Waals surface area contributed by atoms with Gasteiger partial charge in [0.1, 0.15) is 0 Å². The zero-order chi connectivity index (χ0) is 9.54. The van der Waals surface area contributed by atoms with E-state index < -0.39 is 0 Å². The molecule has 0 amide bonds. The van der Waals surface area contributed by atoms with Crippen LogP contribution in [0.4, 0.5) is 0 Å². The maximum Gasteiger partial charge on any atom is 0.0240 e. The zero-order valence-electron chi connectivity index (χ0n) is 8.78. The molecule has 0 aromatic rings. The molecule has 2 heterocycles. The van der Waals surface area contributed by atoms with E-state index in [1.54, 1.807) is 0 Å². The van der Waals surface area contributed by atoms with E-state index in [9.17, 15) is 0 Å². The second-order valence-electron chi connectivity index (χ2n) is 5.36. The van der Waals surface area contributed by atoms with Gasteiger partial charge in [-0.05, 0) is 44.4 Å². The summed E-state index contributed by atoms with van der Waals surface area (Å²) in [5, 5.41) is 0. The Labute approximate surface area is 86.0 Å². The molecular weight excluding hydrogens is 174 g/mol. The predicted octanol–water partition coefficient (Wildman–Crippen LogP) is 0.855. The molecule has 1 aliphatic carbocycles. The van der Waals surface area contributed by atoms with Crippen LogP contribution in [0, 0.1) is 5.92 Å². The van der Waals surface area contributed by atoms with Gasteiger partial charge in [-0.25, -0.2) is 0 Å². The molecule has 2 saturated heterocycles. The third kappa shape index (κ3) is 1.58. The summed E-state index contributed by atoms with van der Waals surface area (Å²) in [7, 11) is 0. The Hall–Kier alpha value is -0.120. The van der Waals surface area contributed by atoms with E-state index in [2.05, 4.69) is 10.3 Å². The number of fused-ring (bicyclic) bond motifs is 2. The second-order valence-corrected chi connectivity index (χ2v) is 5.36. The molecule has 1 unspecified atom stereocenters. The molecule has 0 aromatic heterocycles. The lowest BCUT2D eigenvalue weighted by atomic mass is 9.97. The summed E-state index contributed by atoms with van der Waals surface area (Å²) in [6.07, 6.45) is 8.34. The first-order valence-corrected chi connectivity index (χ1v) is 6.08. The van der Waals surface area contributed by atoms with E-state index in [1.807, 2.05) is 0 Å². The van der Waals surface area contributed by atoms with Crippen LogP contribution in [0.3, 0.4) is 0 Å². The lowest BCUT2D eigenvalue weighted by Gasteiger charge is -2.38. The Bertz CT molecular complexity index is 201. The maximum atomic E-state index is 5.55. The minimum atomic E-state index is 0.586. The van der Waals surface area contributed by atoms with Crippen molar-refractivity contribution in [3.63, 3.8) is 0 Å². The highest BCUT2D eigenvalue weighted by Crippen LogP contribution is 2.39. The number of piperidine rings is 1. The number of nitrogens with one attached hydrogen (secondary N) is 1. The van der Waals surface area contributed by atoms with Gasteiger partial charge in [-0.15, -0.1) is 0 Å².